The lowest BCUT2D eigenvalue weighted by atomic mass is 10.1. The highest BCUT2D eigenvalue weighted by Gasteiger charge is 2.24. The summed E-state index contributed by atoms with van der Waals surface area (Å²) in [4.78, 5) is 23.1. The minimum absolute atomic E-state index is 0.0684. The predicted octanol–water partition coefficient (Wildman–Crippen LogP) is 1.37. The third-order valence-corrected chi connectivity index (χ3v) is 3.35. The molecule has 1 aromatic carbocycles. The number of rotatable bonds is 6. The van der Waals surface area contributed by atoms with Gasteiger partial charge in [-0.1, -0.05) is 30.3 Å². The molecule has 1 saturated heterocycles. The van der Waals surface area contributed by atoms with Crippen LogP contribution in [0.5, 0.6) is 0 Å². The van der Waals surface area contributed by atoms with Crippen LogP contribution in [0.2, 0.25) is 0 Å². The van der Waals surface area contributed by atoms with E-state index in [0.717, 1.165) is 18.4 Å². The lowest BCUT2D eigenvalue weighted by Crippen LogP contribution is -2.43. The Morgan fingerprint density at radius 3 is 2.70 bits per heavy atom. The maximum atomic E-state index is 11.8. The normalized spacial score (nSPS) is 19.5. The maximum absolute atomic E-state index is 11.8. The van der Waals surface area contributed by atoms with Crippen LogP contribution in [0.25, 0.3) is 0 Å². The van der Waals surface area contributed by atoms with E-state index in [4.69, 9.17) is 4.74 Å². The Kier molecular flexibility index (Phi) is 5.12. The fraction of sp³-hybridized carbons (Fsp3) is 0.467. The van der Waals surface area contributed by atoms with E-state index < -0.39 is 12.0 Å². The van der Waals surface area contributed by atoms with Gasteiger partial charge in [-0.3, -0.25) is 4.79 Å². The van der Waals surface area contributed by atoms with E-state index >= 15 is 0 Å². The molecule has 1 aliphatic heterocycles. The van der Waals surface area contributed by atoms with Crippen molar-refractivity contribution in [1.82, 2.24) is 5.32 Å². The number of carboxylic acids is 1. The molecule has 1 fully saturated rings. The summed E-state index contributed by atoms with van der Waals surface area (Å²) in [6.45, 7) is 0.685. The van der Waals surface area contributed by atoms with Crippen molar-refractivity contribution in [3.63, 3.8) is 0 Å². The van der Waals surface area contributed by atoms with Crippen LogP contribution in [-0.4, -0.2) is 35.7 Å². The Balaban J connectivity index is 1.88. The summed E-state index contributed by atoms with van der Waals surface area (Å²) < 4.78 is 5.38. The number of hydrogen-bond acceptors (Lipinski definition) is 3. The van der Waals surface area contributed by atoms with Crippen LogP contribution < -0.4 is 5.32 Å². The van der Waals surface area contributed by atoms with Gasteiger partial charge in [-0.05, 0) is 18.4 Å². The van der Waals surface area contributed by atoms with E-state index in [1.54, 1.807) is 0 Å². The Morgan fingerprint density at radius 2 is 2.10 bits per heavy atom. The zero-order valence-electron chi connectivity index (χ0n) is 11.2. The summed E-state index contributed by atoms with van der Waals surface area (Å²) in [5, 5.41) is 11.8. The average Bonchev–Trinajstić information content (AvgIpc) is 2.92. The third kappa shape index (κ3) is 4.35. The van der Waals surface area contributed by atoms with Gasteiger partial charge in [0.2, 0.25) is 5.91 Å². The Bertz CT molecular complexity index is 454. The minimum atomic E-state index is -1.02. The molecule has 0 spiro atoms. The number of nitrogens with one attached hydrogen (secondary N) is 1. The molecule has 0 aromatic heterocycles. The molecule has 1 unspecified atom stereocenters. The van der Waals surface area contributed by atoms with Crippen molar-refractivity contribution in [1.29, 1.82) is 0 Å². The molecule has 0 saturated carbocycles. The number of amides is 1. The fourth-order valence-corrected chi connectivity index (χ4v) is 2.32. The number of hydrogen-bond donors (Lipinski definition) is 2. The van der Waals surface area contributed by atoms with Crippen LogP contribution >= 0.6 is 0 Å². The molecule has 2 rings (SSSR count). The van der Waals surface area contributed by atoms with Gasteiger partial charge in [0.1, 0.15) is 6.04 Å². The van der Waals surface area contributed by atoms with Crippen molar-refractivity contribution in [3.8, 4) is 0 Å². The second-order valence-corrected chi connectivity index (χ2v) is 4.99. The first-order valence-corrected chi connectivity index (χ1v) is 6.83. The molecule has 2 atom stereocenters. The average molecular weight is 277 g/mol. The SMILES string of the molecule is O=C(CC1CCCO1)N[C@H](Cc1ccccc1)C(=O)O. The van der Waals surface area contributed by atoms with Crippen molar-refractivity contribution in [2.75, 3.05) is 6.61 Å². The van der Waals surface area contributed by atoms with Crippen LogP contribution in [0.15, 0.2) is 30.3 Å². The fourth-order valence-electron chi connectivity index (χ4n) is 2.32. The van der Waals surface area contributed by atoms with Crippen molar-refractivity contribution >= 4 is 11.9 Å². The molecule has 2 N–H and O–H groups in total. The first-order valence-electron chi connectivity index (χ1n) is 6.83. The number of carbonyl (C=O) groups is 2. The maximum Gasteiger partial charge on any atom is 0.326 e. The van der Waals surface area contributed by atoms with Gasteiger partial charge >= 0.3 is 5.97 Å². The van der Waals surface area contributed by atoms with Crippen molar-refractivity contribution in [3.05, 3.63) is 35.9 Å². The molecule has 108 valence electrons. The van der Waals surface area contributed by atoms with Crippen molar-refractivity contribution in [2.24, 2.45) is 0 Å². The molecule has 0 aliphatic carbocycles. The second-order valence-electron chi connectivity index (χ2n) is 4.99. The van der Waals surface area contributed by atoms with Gasteiger partial charge in [0, 0.05) is 13.0 Å². The highest BCUT2D eigenvalue weighted by molar-refractivity contribution is 5.84. The summed E-state index contributed by atoms with van der Waals surface area (Å²) >= 11 is 0. The van der Waals surface area contributed by atoms with E-state index in [1.807, 2.05) is 30.3 Å². The summed E-state index contributed by atoms with van der Waals surface area (Å²) in [5.41, 5.74) is 0.886. The number of aliphatic carboxylic acids is 1. The van der Waals surface area contributed by atoms with Gasteiger partial charge in [0.15, 0.2) is 0 Å². The van der Waals surface area contributed by atoms with E-state index in [2.05, 4.69) is 5.32 Å². The third-order valence-electron chi connectivity index (χ3n) is 3.35. The standard InChI is InChI=1S/C15H19NO4/c17-14(10-12-7-4-8-20-12)16-13(15(18)19)9-11-5-2-1-3-6-11/h1-3,5-6,12-13H,4,7-10H2,(H,16,17)(H,18,19)/t12?,13-/m1/s1. The first-order chi connectivity index (χ1) is 9.65. The van der Waals surface area contributed by atoms with Crippen LogP contribution in [0, 0.1) is 0 Å². The lowest BCUT2D eigenvalue weighted by Gasteiger charge is -2.16. The monoisotopic (exact) mass is 277 g/mol. The first kappa shape index (κ1) is 14.5. The molecule has 1 aromatic rings. The quantitative estimate of drug-likeness (QED) is 0.823. The number of ether oxygens (including phenoxy) is 1. The zero-order chi connectivity index (χ0) is 14.4. The molecule has 0 radical (unpaired) electrons. The zero-order valence-corrected chi connectivity index (χ0v) is 11.2. The van der Waals surface area contributed by atoms with Gasteiger partial charge in [0.05, 0.1) is 12.5 Å². The summed E-state index contributed by atoms with van der Waals surface area (Å²) in [6.07, 6.45) is 2.28. The Labute approximate surface area is 117 Å². The van der Waals surface area contributed by atoms with Crippen LogP contribution in [-0.2, 0) is 20.7 Å². The van der Waals surface area contributed by atoms with E-state index in [-0.39, 0.29) is 24.9 Å². The van der Waals surface area contributed by atoms with Crippen molar-refractivity contribution < 1.29 is 19.4 Å². The molecular weight excluding hydrogens is 258 g/mol. The molecule has 0 bridgehead atoms. The number of carbonyl (C=O) groups excluding carboxylic acids is 1. The Morgan fingerprint density at radius 1 is 1.35 bits per heavy atom. The van der Waals surface area contributed by atoms with Gasteiger partial charge in [-0.25, -0.2) is 4.79 Å². The van der Waals surface area contributed by atoms with E-state index in [1.165, 1.54) is 0 Å². The molecule has 1 aliphatic rings. The molecule has 1 amide bonds. The van der Waals surface area contributed by atoms with Gasteiger partial charge in [0.25, 0.3) is 0 Å². The molecule has 20 heavy (non-hydrogen) atoms. The summed E-state index contributed by atoms with van der Waals surface area (Å²) in [6, 6.07) is 8.37. The number of carboxylic acid groups (broad SMARTS) is 1. The highest BCUT2D eigenvalue weighted by Crippen LogP contribution is 2.15. The highest BCUT2D eigenvalue weighted by atomic mass is 16.5. The summed E-state index contributed by atoms with van der Waals surface area (Å²) in [7, 11) is 0. The predicted molar refractivity (Wildman–Crippen MR) is 73.3 cm³/mol. The molecular formula is C15H19NO4. The van der Waals surface area contributed by atoms with Gasteiger partial charge in [-0.2, -0.15) is 0 Å². The largest absolute Gasteiger partial charge is 0.480 e. The smallest absolute Gasteiger partial charge is 0.326 e. The lowest BCUT2D eigenvalue weighted by molar-refractivity contribution is -0.142. The molecule has 5 heteroatoms. The van der Waals surface area contributed by atoms with Gasteiger partial charge in [-0.15, -0.1) is 0 Å². The van der Waals surface area contributed by atoms with Crippen LogP contribution in [0.4, 0.5) is 0 Å². The minimum Gasteiger partial charge on any atom is -0.480 e. The van der Waals surface area contributed by atoms with Crippen molar-refractivity contribution in [2.45, 2.75) is 37.8 Å². The van der Waals surface area contributed by atoms with Crippen LogP contribution in [0.1, 0.15) is 24.8 Å². The topological polar surface area (TPSA) is 75.6 Å². The molecule has 1 heterocycles. The second kappa shape index (κ2) is 7.05. The van der Waals surface area contributed by atoms with Crippen LogP contribution in [0.3, 0.4) is 0 Å². The Hall–Kier alpha value is -1.88. The van der Waals surface area contributed by atoms with E-state index in [0.29, 0.717) is 6.61 Å². The summed E-state index contributed by atoms with van der Waals surface area (Å²) in [5.74, 6) is -1.28. The number of benzene rings is 1. The van der Waals surface area contributed by atoms with Gasteiger partial charge < -0.3 is 15.2 Å². The molecule has 5 nitrogen and oxygen atoms in total. The van der Waals surface area contributed by atoms with E-state index in [9.17, 15) is 14.7 Å².